The average molecular weight is 291 g/mol. The van der Waals surface area contributed by atoms with Gasteiger partial charge in [0, 0.05) is 5.69 Å². The van der Waals surface area contributed by atoms with Gasteiger partial charge in [-0.2, -0.15) is 0 Å². The molecular formula is C22H13N. The molecule has 0 aliphatic rings. The van der Waals surface area contributed by atoms with Gasteiger partial charge in [0.1, 0.15) is 0 Å². The van der Waals surface area contributed by atoms with Gasteiger partial charge in [-0.3, -0.25) is 0 Å². The summed E-state index contributed by atoms with van der Waals surface area (Å²) in [5, 5.41) is 13.2. The third-order valence-electron chi connectivity index (χ3n) is 5.23. The van der Waals surface area contributed by atoms with Gasteiger partial charge in [0.25, 0.3) is 0 Å². The maximum absolute atomic E-state index is 6.19. The molecule has 0 fully saturated rings. The van der Waals surface area contributed by atoms with Gasteiger partial charge in [0.15, 0.2) is 0 Å². The molecule has 0 saturated carbocycles. The summed E-state index contributed by atoms with van der Waals surface area (Å²) in [4.78, 5) is 0. The first-order valence-corrected chi connectivity index (χ1v) is 7.92. The lowest BCUT2D eigenvalue weighted by molar-refractivity contribution is 1.77. The number of hydrogen-bond donors (Lipinski definition) is 1. The molecule has 6 aromatic carbocycles. The van der Waals surface area contributed by atoms with Crippen LogP contribution in [0, 0.1) is 0 Å². The first-order valence-electron chi connectivity index (χ1n) is 7.92. The molecule has 0 unspecified atom stereocenters. The second-order valence-corrected chi connectivity index (χ2v) is 6.46. The Morgan fingerprint density at radius 3 is 1.74 bits per heavy atom. The Morgan fingerprint density at radius 1 is 0.478 bits per heavy atom. The fraction of sp³-hybridized carbons (Fsp3) is 0. The molecule has 6 aromatic rings. The molecule has 0 saturated heterocycles. The second-order valence-electron chi connectivity index (χ2n) is 6.46. The third kappa shape index (κ3) is 1.25. The van der Waals surface area contributed by atoms with E-state index in [1.807, 2.05) is 0 Å². The minimum Gasteiger partial charge on any atom is -0.399 e. The topological polar surface area (TPSA) is 26.0 Å². The molecule has 0 aliphatic carbocycles. The van der Waals surface area contributed by atoms with E-state index in [-0.39, 0.29) is 0 Å². The summed E-state index contributed by atoms with van der Waals surface area (Å²) in [5.74, 6) is 0. The first kappa shape index (κ1) is 11.5. The van der Waals surface area contributed by atoms with E-state index in [4.69, 9.17) is 5.73 Å². The summed E-state index contributed by atoms with van der Waals surface area (Å²) >= 11 is 0. The van der Waals surface area contributed by atoms with Crippen LogP contribution in [0.2, 0.25) is 0 Å². The van der Waals surface area contributed by atoms with E-state index in [2.05, 4.69) is 66.7 Å². The van der Waals surface area contributed by atoms with Crippen molar-refractivity contribution >= 4 is 59.5 Å². The van der Waals surface area contributed by atoms with Gasteiger partial charge < -0.3 is 5.73 Å². The number of rotatable bonds is 0. The Labute approximate surface area is 132 Å². The van der Waals surface area contributed by atoms with Crippen molar-refractivity contribution in [2.24, 2.45) is 0 Å². The molecule has 2 N–H and O–H groups in total. The van der Waals surface area contributed by atoms with Crippen LogP contribution in [-0.4, -0.2) is 0 Å². The average Bonchev–Trinajstić information content (AvgIpc) is 2.59. The van der Waals surface area contributed by atoms with Crippen LogP contribution in [0.15, 0.2) is 66.7 Å². The maximum atomic E-state index is 6.19. The summed E-state index contributed by atoms with van der Waals surface area (Å²) < 4.78 is 0. The molecule has 6 rings (SSSR count). The Morgan fingerprint density at radius 2 is 1.04 bits per heavy atom. The van der Waals surface area contributed by atoms with E-state index in [0.29, 0.717) is 0 Å². The molecule has 0 amide bonds. The highest BCUT2D eigenvalue weighted by Crippen LogP contribution is 2.45. The number of anilines is 1. The van der Waals surface area contributed by atoms with Crippen molar-refractivity contribution < 1.29 is 0 Å². The lowest BCUT2D eigenvalue weighted by atomic mass is 9.86. The zero-order valence-corrected chi connectivity index (χ0v) is 12.4. The molecule has 1 heteroatoms. The summed E-state index contributed by atoms with van der Waals surface area (Å²) in [6.07, 6.45) is 0. The van der Waals surface area contributed by atoms with Crippen molar-refractivity contribution in [2.75, 3.05) is 5.73 Å². The van der Waals surface area contributed by atoms with Gasteiger partial charge in [0.2, 0.25) is 0 Å². The number of fused-ring (bicyclic) bond motifs is 1. The van der Waals surface area contributed by atoms with E-state index in [9.17, 15) is 0 Å². The van der Waals surface area contributed by atoms with Gasteiger partial charge in [-0.25, -0.2) is 0 Å². The molecule has 0 heterocycles. The van der Waals surface area contributed by atoms with Crippen molar-refractivity contribution in [1.82, 2.24) is 0 Å². The number of nitrogens with two attached hydrogens (primary N) is 1. The molecule has 106 valence electrons. The Bertz CT molecular complexity index is 1360. The highest BCUT2D eigenvalue weighted by atomic mass is 14.5. The van der Waals surface area contributed by atoms with Gasteiger partial charge in [0.05, 0.1) is 0 Å². The maximum Gasteiger partial charge on any atom is 0.0326 e. The zero-order chi connectivity index (χ0) is 15.1. The predicted octanol–water partition coefficient (Wildman–Crippen LogP) is 5.91. The smallest absolute Gasteiger partial charge is 0.0326 e. The van der Waals surface area contributed by atoms with E-state index < -0.39 is 0 Å². The predicted molar refractivity (Wildman–Crippen MR) is 101 cm³/mol. The van der Waals surface area contributed by atoms with Gasteiger partial charge in [-0.15, -0.1) is 0 Å². The van der Waals surface area contributed by atoms with Crippen LogP contribution < -0.4 is 5.73 Å². The van der Waals surface area contributed by atoms with E-state index >= 15 is 0 Å². The number of hydrogen-bond acceptors (Lipinski definition) is 1. The molecule has 0 spiro atoms. The lowest BCUT2D eigenvalue weighted by Crippen LogP contribution is -1.92. The molecule has 0 aromatic heterocycles. The molecule has 0 radical (unpaired) electrons. The number of nitrogen functional groups attached to an aromatic ring is 1. The van der Waals surface area contributed by atoms with Crippen molar-refractivity contribution in [3.8, 4) is 0 Å². The fourth-order valence-electron chi connectivity index (χ4n) is 4.33. The highest BCUT2D eigenvalue weighted by Gasteiger charge is 2.16. The van der Waals surface area contributed by atoms with E-state index in [0.717, 1.165) is 5.69 Å². The van der Waals surface area contributed by atoms with Crippen LogP contribution >= 0.6 is 0 Å². The molecule has 0 bridgehead atoms. The fourth-order valence-corrected chi connectivity index (χ4v) is 4.33. The zero-order valence-electron chi connectivity index (χ0n) is 12.4. The normalized spacial score (nSPS) is 12.5. The minimum atomic E-state index is 0.829. The Hall–Kier alpha value is -3.06. The molecule has 1 nitrogen and oxygen atoms in total. The molecule has 23 heavy (non-hydrogen) atoms. The largest absolute Gasteiger partial charge is 0.399 e. The van der Waals surface area contributed by atoms with E-state index in [1.54, 1.807) is 0 Å². The Balaban J connectivity index is 2.18. The highest BCUT2D eigenvalue weighted by molar-refractivity contribution is 6.39. The van der Waals surface area contributed by atoms with Crippen LogP contribution in [0.3, 0.4) is 0 Å². The van der Waals surface area contributed by atoms with Crippen molar-refractivity contribution in [1.29, 1.82) is 0 Å². The van der Waals surface area contributed by atoms with Crippen molar-refractivity contribution in [3.63, 3.8) is 0 Å². The standard InChI is InChI=1S/C22H13N/c23-16-10-15-9-8-14-7-6-13-5-4-12-2-1-3-17-18(11-16)20(15)22(14)21(13)19(12)17/h1-11H,23H2. The van der Waals surface area contributed by atoms with Crippen molar-refractivity contribution in [2.45, 2.75) is 0 Å². The van der Waals surface area contributed by atoms with Gasteiger partial charge in [-0.1, -0.05) is 54.6 Å². The van der Waals surface area contributed by atoms with Gasteiger partial charge >= 0.3 is 0 Å². The summed E-state index contributed by atoms with van der Waals surface area (Å²) in [5.41, 5.74) is 7.02. The van der Waals surface area contributed by atoms with Crippen LogP contribution in [0.1, 0.15) is 0 Å². The molecule has 0 atom stereocenters. The summed E-state index contributed by atoms with van der Waals surface area (Å²) in [6.45, 7) is 0. The summed E-state index contributed by atoms with van der Waals surface area (Å²) in [7, 11) is 0. The Kier molecular flexibility index (Phi) is 1.82. The second kappa shape index (κ2) is 3.64. The third-order valence-corrected chi connectivity index (χ3v) is 5.23. The van der Waals surface area contributed by atoms with E-state index in [1.165, 1.54) is 53.9 Å². The van der Waals surface area contributed by atoms with Crippen LogP contribution in [0.5, 0.6) is 0 Å². The van der Waals surface area contributed by atoms with Crippen LogP contribution in [0.4, 0.5) is 5.69 Å². The van der Waals surface area contributed by atoms with Crippen LogP contribution in [-0.2, 0) is 0 Å². The van der Waals surface area contributed by atoms with Crippen molar-refractivity contribution in [3.05, 3.63) is 66.7 Å². The van der Waals surface area contributed by atoms with Gasteiger partial charge in [-0.05, 0) is 66.0 Å². The minimum absolute atomic E-state index is 0.829. The SMILES string of the molecule is Nc1cc2ccc3ccc4ccc5cccc6c(c1)c2c3c4c56. The first-order chi connectivity index (χ1) is 11.3. The summed E-state index contributed by atoms with van der Waals surface area (Å²) in [6, 6.07) is 24.1. The lowest BCUT2D eigenvalue weighted by Gasteiger charge is -2.18. The van der Waals surface area contributed by atoms with Crippen LogP contribution in [0.25, 0.3) is 53.9 Å². The molecular weight excluding hydrogens is 278 g/mol. The monoisotopic (exact) mass is 291 g/mol. The quantitative estimate of drug-likeness (QED) is 0.210. The molecule has 0 aliphatic heterocycles. The number of benzene rings is 6.